The lowest BCUT2D eigenvalue weighted by molar-refractivity contribution is 0.0718. The van der Waals surface area contributed by atoms with Gasteiger partial charge in [-0.15, -0.1) is 0 Å². The van der Waals surface area contributed by atoms with Gasteiger partial charge in [0.25, 0.3) is 0 Å². The summed E-state index contributed by atoms with van der Waals surface area (Å²) < 4.78 is 12.4. The van der Waals surface area contributed by atoms with Gasteiger partial charge < -0.3 is 19.4 Å². The quantitative estimate of drug-likeness (QED) is 0.622. The zero-order valence-corrected chi connectivity index (χ0v) is 10.8. The second kappa shape index (κ2) is 9.15. The SMILES string of the molecule is CCCn1cncc1CNCCOCCOC. The maximum atomic E-state index is 5.36. The van der Waals surface area contributed by atoms with E-state index in [0.717, 1.165) is 26.1 Å². The van der Waals surface area contributed by atoms with Crippen LogP contribution in [0.2, 0.25) is 0 Å². The van der Waals surface area contributed by atoms with Crippen LogP contribution in [0.3, 0.4) is 0 Å². The fraction of sp³-hybridized carbons (Fsp3) is 0.750. The number of hydrogen-bond donors (Lipinski definition) is 1. The maximum Gasteiger partial charge on any atom is 0.0948 e. The molecule has 17 heavy (non-hydrogen) atoms. The van der Waals surface area contributed by atoms with Gasteiger partial charge in [-0.2, -0.15) is 0 Å². The molecule has 0 amide bonds. The highest BCUT2D eigenvalue weighted by atomic mass is 16.5. The van der Waals surface area contributed by atoms with E-state index in [9.17, 15) is 0 Å². The molecule has 0 radical (unpaired) electrons. The van der Waals surface area contributed by atoms with Crippen LogP contribution in [0.5, 0.6) is 0 Å². The molecule has 0 saturated carbocycles. The Hall–Kier alpha value is -0.910. The van der Waals surface area contributed by atoms with E-state index in [1.807, 2.05) is 12.5 Å². The summed E-state index contributed by atoms with van der Waals surface area (Å²) >= 11 is 0. The van der Waals surface area contributed by atoms with Crippen molar-refractivity contribution in [3.05, 3.63) is 18.2 Å². The summed E-state index contributed by atoms with van der Waals surface area (Å²) in [5.74, 6) is 0. The highest BCUT2D eigenvalue weighted by Crippen LogP contribution is 1.99. The first-order valence-corrected chi connectivity index (χ1v) is 6.15. The summed E-state index contributed by atoms with van der Waals surface area (Å²) in [6, 6.07) is 0. The second-order valence-electron chi connectivity index (χ2n) is 3.86. The van der Waals surface area contributed by atoms with Gasteiger partial charge in [-0.1, -0.05) is 6.92 Å². The highest BCUT2D eigenvalue weighted by molar-refractivity contribution is 4.97. The first-order chi connectivity index (χ1) is 8.38. The van der Waals surface area contributed by atoms with E-state index < -0.39 is 0 Å². The third-order valence-electron chi connectivity index (χ3n) is 2.42. The van der Waals surface area contributed by atoms with Gasteiger partial charge in [-0.05, 0) is 6.42 Å². The summed E-state index contributed by atoms with van der Waals surface area (Å²) in [5.41, 5.74) is 1.23. The Morgan fingerprint density at radius 1 is 1.35 bits per heavy atom. The number of aryl methyl sites for hydroxylation is 1. The van der Waals surface area contributed by atoms with Crippen LogP contribution in [-0.4, -0.2) is 43.0 Å². The van der Waals surface area contributed by atoms with E-state index in [1.54, 1.807) is 7.11 Å². The molecule has 1 aromatic rings. The lowest BCUT2D eigenvalue weighted by Crippen LogP contribution is -2.21. The Morgan fingerprint density at radius 2 is 2.24 bits per heavy atom. The van der Waals surface area contributed by atoms with Crippen molar-refractivity contribution < 1.29 is 9.47 Å². The van der Waals surface area contributed by atoms with Crippen LogP contribution < -0.4 is 5.32 Å². The smallest absolute Gasteiger partial charge is 0.0948 e. The van der Waals surface area contributed by atoms with E-state index in [0.29, 0.717) is 19.8 Å². The molecule has 0 aliphatic rings. The van der Waals surface area contributed by atoms with Gasteiger partial charge in [-0.25, -0.2) is 4.98 Å². The molecule has 1 rings (SSSR count). The summed E-state index contributed by atoms with van der Waals surface area (Å²) in [4.78, 5) is 4.16. The van der Waals surface area contributed by atoms with E-state index in [1.165, 1.54) is 5.69 Å². The molecular weight excluding hydrogens is 218 g/mol. The lowest BCUT2D eigenvalue weighted by Gasteiger charge is -2.08. The maximum absolute atomic E-state index is 5.36. The number of rotatable bonds is 10. The molecular formula is C12H23N3O2. The second-order valence-corrected chi connectivity index (χ2v) is 3.86. The number of methoxy groups -OCH3 is 1. The largest absolute Gasteiger partial charge is 0.382 e. The zero-order chi connectivity index (χ0) is 12.3. The van der Waals surface area contributed by atoms with Gasteiger partial charge in [0.2, 0.25) is 0 Å². The highest BCUT2D eigenvalue weighted by Gasteiger charge is 1.99. The van der Waals surface area contributed by atoms with Crippen LogP contribution in [0.25, 0.3) is 0 Å². The van der Waals surface area contributed by atoms with Gasteiger partial charge >= 0.3 is 0 Å². The van der Waals surface area contributed by atoms with Crippen LogP contribution in [0.4, 0.5) is 0 Å². The predicted molar refractivity (Wildman–Crippen MR) is 66.9 cm³/mol. The molecule has 1 aromatic heterocycles. The van der Waals surface area contributed by atoms with E-state index in [4.69, 9.17) is 9.47 Å². The third-order valence-corrected chi connectivity index (χ3v) is 2.42. The lowest BCUT2D eigenvalue weighted by atomic mass is 10.4. The standard InChI is InChI=1S/C12H23N3O2/c1-3-5-15-11-14-10-12(15)9-13-4-6-17-8-7-16-2/h10-11,13H,3-9H2,1-2H3. The number of nitrogens with one attached hydrogen (secondary N) is 1. The van der Waals surface area contributed by atoms with Gasteiger partial charge in [0, 0.05) is 32.9 Å². The molecule has 1 heterocycles. The fourth-order valence-electron chi connectivity index (χ4n) is 1.54. The van der Waals surface area contributed by atoms with Crippen LogP contribution in [0.1, 0.15) is 19.0 Å². The minimum Gasteiger partial charge on any atom is -0.382 e. The molecule has 0 aliphatic carbocycles. The molecule has 0 spiro atoms. The van der Waals surface area contributed by atoms with Crippen molar-refractivity contribution in [1.29, 1.82) is 0 Å². The molecule has 0 bridgehead atoms. The molecule has 1 N–H and O–H groups in total. The molecule has 0 aliphatic heterocycles. The molecule has 0 saturated heterocycles. The summed E-state index contributed by atoms with van der Waals surface area (Å²) in [6.45, 7) is 6.91. The van der Waals surface area contributed by atoms with Crippen molar-refractivity contribution in [3.8, 4) is 0 Å². The Labute approximate surface area is 103 Å². The monoisotopic (exact) mass is 241 g/mol. The fourth-order valence-corrected chi connectivity index (χ4v) is 1.54. The van der Waals surface area contributed by atoms with Gasteiger partial charge in [0.1, 0.15) is 0 Å². The van der Waals surface area contributed by atoms with Crippen molar-refractivity contribution in [1.82, 2.24) is 14.9 Å². The molecule has 5 heteroatoms. The number of ether oxygens (including phenoxy) is 2. The topological polar surface area (TPSA) is 48.3 Å². The van der Waals surface area contributed by atoms with Gasteiger partial charge in [-0.3, -0.25) is 0 Å². The molecule has 98 valence electrons. The third kappa shape index (κ3) is 5.81. The Balaban J connectivity index is 2.07. The average Bonchev–Trinajstić information content (AvgIpc) is 2.76. The van der Waals surface area contributed by atoms with Crippen molar-refractivity contribution in [2.75, 3.05) is 33.5 Å². The Bertz CT molecular complexity index is 289. The molecule has 0 unspecified atom stereocenters. The summed E-state index contributed by atoms with van der Waals surface area (Å²) in [6.07, 6.45) is 4.92. The van der Waals surface area contributed by atoms with Gasteiger partial charge in [0.05, 0.1) is 31.8 Å². The first kappa shape index (κ1) is 14.2. The minimum atomic E-state index is 0.656. The van der Waals surface area contributed by atoms with Crippen LogP contribution >= 0.6 is 0 Å². The summed E-state index contributed by atoms with van der Waals surface area (Å²) in [7, 11) is 1.68. The number of aromatic nitrogens is 2. The van der Waals surface area contributed by atoms with E-state index in [-0.39, 0.29) is 0 Å². The Morgan fingerprint density at radius 3 is 3.00 bits per heavy atom. The van der Waals surface area contributed by atoms with E-state index >= 15 is 0 Å². The van der Waals surface area contributed by atoms with Crippen LogP contribution in [0.15, 0.2) is 12.5 Å². The van der Waals surface area contributed by atoms with Crippen molar-refractivity contribution in [2.24, 2.45) is 0 Å². The molecule has 0 fully saturated rings. The van der Waals surface area contributed by atoms with Gasteiger partial charge in [0.15, 0.2) is 0 Å². The molecule has 0 aromatic carbocycles. The predicted octanol–water partition coefficient (Wildman–Crippen LogP) is 1.05. The molecule has 5 nitrogen and oxygen atoms in total. The molecule has 0 atom stereocenters. The number of hydrogen-bond acceptors (Lipinski definition) is 4. The minimum absolute atomic E-state index is 0.656. The first-order valence-electron chi connectivity index (χ1n) is 6.15. The normalized spacial score (nSPS) is 10.9. The average molecular weight is 241 g/mol. The van der Waals surface area contributed by atoms with Crippen molar-refractivity contribution >= 4 is 0 Å². The summed E-state index contributed by atoms with van der Waals surface area (Å²) in [5, 5.41) is 3.34. The van der Waals surface area contributed by atoms with Crippen molar-refractivity contribution in [2.45, 2.75) is 26.4 Å². The van der Waals surface area contributed by atoms with Crippen molar-refractivity contribution in [3.63, 3.8) is 0 Å². The number of imidazole rings is 1. The van der Waals surface area contributed by atoms with Crippen LogP contribution in [0, 0.1) is 0 Å². The Kier molecular flexibility index (Phi) is 7.62. The van der Waals surface area contributed by atoms with E-state index in [2.05, 4.69) is 21.8 Å². The number of nitrogens with zero attached hydrogens (tertiary/aromatic N) is 2. The zero-order valence-electron chi connectivity index (χ0n) is 10.8. The van der Waals surface area contributed by atoms with Crippen LogP contribution in [-0.2, 0) is 22.6 Å².